The Bertz CT molecular complexity index is 623. The molecule has 2 rings (SSSR count). The van der Waals surface area contributed by atoms with Gasteiger partial charge in [0.05, 0.1) is 10.0 Å². The van der Waals surface area contributed by atoms with Crippen molar-refractivity contribution in [3.8, 4) is 0 Å². The molecule has 0 saturated heterocycles. The average Bonchev–Trinajstić information content (AvgIpc) is 2.51. The molecule has 0 radical (unpaired) electrons. The lowest BCUT2D eigenvalue weighted by molar-refractivity contribution is 0.989. The summed E-state index contributed by atoms with van der Waals surface area (Å²) >= 11 is 18.9. The molecule has 116 valence electrons. The van der Waals surface area contributed by atoms with Crippen molar-refractivity contribution in [2.45, 2.75) is 5.75 Å². The molecule has 0 aliphatic heterocycles. The monoisotopic (exact) mass is 371 g/mol. The first-order valence-corrected chi connectivity index (χ1v) is 8.93. The Kier molecular flexibility index (Phi) is 7.25. The highest BCUT2D eigenvalue weighted by Gasteiger charge is 2.00. The van der Waals surface area contributed by atoms with E-state index < -0.39 is 0 Å². The smallest absolute Gasteiger partial charge is 0.170 e. The molecule has 3 nitrogen and oxygen atoms in total. The first kappa shape index (κ1) is 17.3. The molecule has 1 heterocycles. The number of thioether (sulfide) groups is 1. The topological polar surface area (TPSA) is 37.0 Å². The average molecular weight is 372 g/mol. The Morgan fingerprint density at radius 1 is 1.14 bits per heavy atom. The Labute approximate surface area is 149 Å². The lowest BCUT2D eigenvalue weighted by atomic mass is 10.2. The fourth-order valence-corrected chi connectivity index (χ4v) is 3.01. The summed E-state index contributed by atoms with van der Waals surface area (Å²) in [6, 6.07) is 9.45. The van der Waals surface area contributed by atoms with E-state index in [1.807, 2.05) is 42.1 Å². The van der Waals surface area contributed by atoms with Crippen molar-refractivity contribution in [2.75, 3.05) is 17.6 Å². The molecule has 0 bridgehead atoms. The van der Waals surface area contributed by atoms with Crippen molar-refractivity contribution in [3.05, 3.63) is 58.3 Å². The second-order valence-corrected chi connectivity index (χ2v) is 6.75. The van der Waals surface area contributed by atoms with Crippen LogP contribution in [0.15, 0.2) is 42.7 Å². The number of hydrogen-bond acceptors (Lipinski definition) is 3. The Hall–Kier alpha value is -1.01. The third-order valence-electron chi connectivity index (χ3n) is 2.72. The van der Waals surface area contributed by atoms with Crippen molar-refractivity contribution in [2.24, 2.45) is 0 Å². The van der Waals surface area contributed by atoms with Crippen LogP contribution in [0.2, 0.25) is 10.0 Å². The highest BCUT2D eigenvalue weighted by atomic mass is 35.5. The Morgan fingerprint density at radius 3 is 2.64 bits per heavy atom. The first-order valence-electron chi connectivity index (χ1n) is 6.61. The van der Waals surface area contributed by atoms with Gasteiger partial charge in [-0.1, -0.05) is 29.3 Å². The molecule has 0 saturated carbocycles. The molecule has 7 heteroatoms. The summed E-state index contributed by atoms with van der Waals surface area (Å²) in [5.41, 5.74) is 2.09. The summed E-state index contributed by atoms with van der Waals surface area (Å²) in [6.07, 6.45) is 3.44. The maximum absolute atomic E-state index is 5.99. The SMILES string of the molecule is S=C(NCCSCc1ccc(Cl)c(Cl)c1)Nc1ccncc1. The number of rotatable bonds is 6. The van der Waals surface area contributed by atoms with Crippen LogP contribution in [0.5, 0.6) is 0 Å². The van der Waals surface area contributed by atoms with Gasteiger partial charge in [0, 0.05) is 36.1 Å². The molecule has 2 aromatic rings. The van der Waals surface area contributed by atoms with Crippen LogP contribution in [0.4, 0.5) is 5.69 Å². The van der Waals surface area contributed by atoms with Crippen molar-refractivity contribution in [1.29, 1.82) is 0 Å². The first-order chi connectivity index (χ1) is 10.6. The van der Waals surface area contributed by atoms with Crippen molar-refractivity contribution in [3.63, 3.8) is 0 Å². The van der Waals surface area contributed by atoms with Crippen LogP contribution < -0.4 is 10.6 Å². The molecule has 0 fully saturated rings. The van der Waals surface area contributed by atoms with Crippen LogP contribution >= 0.6 is 47.2 Å². The van der Waals surface area contributed by atoms with Gasteiger partial charge in [-0.2, -0.15) is 11.8 Å². The molecule has 0 unspecified atom stereocenters. The fraction of sp³-hybridized carbons (Fsp3) is 0.200. The number of benzene rings is 1. The van der Waals surface area contributed by atoms with Gasteiger partial charge in [-0.05, 0) is 42.0 Å². The molecule has 0 amide bonds. The minimum Gasteiger partial charge on any atom is -0.362 e. The second kappa shape index (κ2) is 9.20. The van der Waals surface area contributed by atoms with Crippen LogP contribution in [0.3, 0.4) is 0 Å². The largest absolute Gasteiger partial charge is 0.362 e. The van der Waals surface area contributed by atoms with E-state index in [9.17, 15) is 0 Å². The fourth-order valence-electron chi connectivity index (χ4n) is 1.67. The van der Waals surface area contributed by atoms with E-state index in [0.717, 1.165) is 29.3 Å². The zero-order valence-corrected chi connectivity index (χ0v) is 14.8. The van der Waals surface area contributed by atoms with E-state index in [4.69, 9.17) is 35.4 Å². The van der Waals surface area contributed by atoms with Gasteiger partial charge in [-0.3, -0.25) is 4.98 Å². The lowest BCUT2D eigenvalue weighted by Crippen LogP contribution is -2.30. The minimum absolute atomic E-state index is 0.588. The highest BCUT2D eigenvalue weighted by molar-refractivity contribution is 7.98. The van der Waals surface area contributed by atoms with Gasteiger partial charge in [0.2, 0.25) is 0 Å². The molecule has 2 N–H and O–H groups in total. The van der Waals surface area contributed by atoms with E-state index in [1.165, 1.54) is 0 Å². The van der Waals surface area contributed by atoms with Gasteiger partial charge in [0.1, 0.15) is 0 Å². The maximum Gasteiger partial charge on any atom is 0.170 e. The number of pyridine rings is 1. The van der Waals surface area contributed by atoms with Crippen molar-refractivity contribution in [1.82, 2.24) is 10.3 Å². The summed E-state index contributed by atoms with van der Waals surface area (Å²) < 4.78 is 0. The van der Waals surface area contributed by atoms with Crippen molar-refractivity contribution >= 4 is 58.0 Å². The van der Waals surface area contributed by atoms with Gasteiger partial charge >= 0.3 is 0 Å². The Morgan fingerprint density at radius 2 is 1.91 bits per heavy atom. The van der Waals surface area contributed by atoms with Crippen LogP contribution in [0, 0.1) is 0 Å². The number of aromatic nitrogens is 1. The number of hydrogen-bond donors (Lipinski definition) is 2. The molecule has 1 aromatic heterocycles. The summed E-state index contributed by atoms with van der Waals surface area (Å²) in [7, 11) is 0. The summed E-state index contributed by atoms with van der Waals surface area (Å²) in [6.45, 7) is 0.795. The number of anilines is 1. The van der Waals surface area contributed by atoms with Crippen LogP contribution in [0.25, 0.3) is 0 Å². The highest BCUT2D eigenvalue weighted by Crippen LogP contribution is 2.24. The molecule has 0 atom stereocenters. The number of thiocarbonyl (C=S) groups is 1. The number of halogens is 2. The third-order valence-corrected chi connectivity index (χ3v) is 4.74. The zero-order valence-electron chi connectivity index (χ0n) is 11.7. The van der Waals surface area contributed by atoms with Crippen LogP contribution in [-0.4, -0.2) is 22.4 Å². The predicted octanol–water partition coefficient (Wildman–Crippen LogP) is 4.61. The van der Waals surface area contributed by atoms with E-state index in [0.29, 0.717) is 15.2 Å². The molecule has 1 aromatic carbocycles. The quantitative estimate of drug-likeness (QED) is 0.572. The Balaban J connectivity index is 1.62. The third kappa shape index (κ3) is 6.01. The van der Waals surface area contributed by atoms with Gasteiger partial charge in [-0.25, -0.2) is 0 Å². The van der Waals surface area contributed by atoms with Gasteiger partial charge in [0.25, 0.3) is 0 Å². The van der Waals surface area contributed by atoms with Crippen LogP contribution in [0.1, 0.15) is 5.56 Å². The predicted molar refractivity (Wildman–Crippen MR) is 101 cm³/mol. The van der Waals surface area contributed by atoms with Crippen LogP contribution in [-0.2, 0) is 5.75 Å². The summed E-state index contributed by atoms with van der Waals surface area (Å²) in [5.74, 6) is 1.83. The molecule has 22 heavy (non-hydrogen) atoms. The second-order valence-electron chi connectivity index (χ2n) is 4.42. The van der Waals surface area contributed by atoms with Crippen molar-refractivity contribution < 1.29 is 0 Å². The standard InChI is InChI=1S/C15H15Cl2N3S2/c16-13-2-1-11(9-14(13)17)10-22-8-7-19-15(21)20-12-3-5-18-6-4-12/h1-6,9H,7-8,10H2,(H2,18,19,20,21). The summed E-state index contributed by atoms with van der Waals surface area (Å²) in [5, 5.41) is 8.07. The summed E-state index contributed by atoms with van der Waals surface area (Å²) in [4.78, 5) is 3.95. The normalized spacial score (nSPS) is 10.3. The molecular formula is C15H15Cl2N3S2. The molecule has 0 aliphatic carbocycles. The van der Waals surface area contributed by atoms with E-state index in [-0.39, 0.29) is 0 Å². The van der Waals surface area contributed by atoms with Gasteiger partial charge in [0.15, 0.2) is 5.11 Å². The van der Waals surface area contributed by atoms with Gasteiger partial charge < -0.3 is 10.6 Å². The maximum atomic E-state index is 5.99. The van der Waals surface area contributed by atoms with E-state index in [2.05, 4.69) is 15.6 Å². The van der Waals surface area contributed by atoms with E-state index >= 15 is 0 Å². The number of nitrogens with one attached hydrogen (secondary N) is 2. The molecular weight excluding hydrogens is 357 g/mol. The zero-order chi connectivity index (χ0) is 15.8. The number of nitrogens with zero attached hydrogens (tertiary/aromatic N) is 1. The molecule has 0 spiro atoms. The molecule has 0 aliphatic rings. The van der Waals surface area contributed by atoms with E-state index in [1.54, 1.807) is 12.4 Å². The minimum atomic E-state index is 0.588. The van der Waals surface area contributed by atoms with Gasteiger partial charge in [-0.15, -0.1) is 0 Å². The lowest BCUT2D eigenvalue weighted by Gasteiger charge is -2.10.